The molecule has 0 bridgehead atoms. The van der Waals surface area contributed by atoms with E-state index in [0.29, 0.717) is 30.2 Å². The van der Waals surface area contributed by atoms with Crippen LogP contribution in [0.15, 0.2) is 18.3 Å². The number of pyridine rings is 1. The summed E-state index contributed by atoms with van der Waals surface area (Å²) in [5.41, 5.74) is -0.136. The van der Waals surface area contributed by atoms with Crippen LogP contribution in [0.4, 0.5) is 0 Å². The number of fused-ring (bicyclic) bond motifs is 1. The predicted molar refractivity (Wildman–Crippen MR) is 84.8 cm³/mol. The number of nitrogens with zero attached hydrogens (tertiary/aromatic N) is 4. The van der Waals surface area contributed by atoms with E-state index in [1.165, 1.54) is 11.3 Å². The molecule has 0 N–H and O–H groups in total. The molecule has 1 aliphatic rings. The van der Waals surface area contributed by atoms with Crippen LogP contribution in [0.1, 0.15) is 30.6 Å². The van der Waals surface area contributed by atoms with Crippen LogP contribution in [0.5, 0.6) is 0 Å². The van der Waals surface area contributed by atoms with Gasteiger partial charge in [-0.15, -0.1) is 0 Å². The van der Waals surface area contributed by atoms with Crippen molar-refractivity contribution in [2.45, 2.75) is 26.3 Å². The van der Waals surface area contributed by atoms with Crippen LogP contribution in [0.25, 0.3) is 10.3 Å². The van der Waals surface area contributed by atoms with Crippen LogP contribution in [0, 0.1) is 0 Å². The predicted octanol–water partition coefficient (Wildman–Crippen LogP) is 1.77. The molecule has 0 spiro atoms. The van der Waals surface area contributed by atoms with Crippen molar-refractivity contribution < 1.29 is 9.59 Å². The van der Waals surface area contributed by atoms with E-state index in [0.717, 1.165) is 4.83 Å². The molecule has 0 aliphatic carbocycles. The Morgan fingerprint density at radius 3 is 2.86 bits per heavy atom. The molecule has 0 radical (unpaired) electrons. The zero-order valence-electron chi connectivity index (χ0n) is 12.9. The van der Waals surface area contributed by atoms with Gasteiger partial charge in [-0.1, -0.05) is 11.3 Å². The van der Waals surface area contributed by atoms with Crippen LogP contribution in [0.3, 0.4) is 0 Å². The average molecular weight is 318 g/mol. The van der Waals surface area contributed by atoms with Gasteiger partial charge in [0, 0.05) is 25.8 Å². The number of thiazole rings is 1. The van der Waals surface area contributed by atoms with Gasteiger partial charge in [-0.25, -0.2) is 9.97 Å². The molecule has 116 valence electrons. The first-order valence-electron chi connectivity index (χ1n) is 7.28. The smallest absolute Gasteiger partial charge is 0.283 e. The molecule has 1 saturated heterocycles. The molecule has 22 heavy (non-hydrogen) atoms. The van der Waals surface area contributed by atoms with Crippen molar-refractivity contribution in [3.8, 4) is 0 Å². The molecule has 1 aliphatic heterocycles. The van der Waals surface area contributed by atoms with Crippen LogP contribution in [-0.4, -0.2) is 56.8 Å². The molecule has 2 amide bonds. The summed E-state index contributed by atoms with van der Waals surface area (Å²) in [5, 5.41) is 0.388. The van der Waals surface area contributed by atoms with Gasteiger partial charge in [0.2, 0.25) is 5.91 Å². The third kappa shape index (κ3) is 2.25. The molecule has 0 atom stereocenters. The van der Waals surface area contributed by atoms with Gasteiger partial charge in [0.1, 0.15) is 15.9 Å². The summed E-state index contributed by atoms with van der Waals surface area (Å²) < 4.78 is 0. The number of carbonyl (C=O) groups excluding carboxylic acids is 2. The summed E-state index contributed by atoms with van der Waals surface area (Å²) in [6.45, 7) is 7.28. The van der Waals surface area contributed by atoms with Crippen molar-refractivity contribution in [3.63, 3.8) is 0 Å². The summed E-state index contributed by atoms with van der Waals surface area (Å²) in [6.07, 6.45) is 1.68. The van der Waals surface area contributed by atoms with Gasteiger partial charge >= 0.3 is 0 Å². The molecule has 3 heterocycles. The fraction of sp³-hybridized carbons (Fsp3) is 0.467. The molecule has 0 aromatic carbocycles. The van der Waals surface area contributed by atoms with Crippen molar-refractivity contribution >= 4 is 33.5 Å². The minimum Gasteiger partial charge on any atom is -0.339 e. The average Bonchev–Trinajstić information content (AvgIpc) is 2.93. The van der Waals surface area contributed by atoms with Crippen molar-refractivity contribution in [2.24, 2.45) is 0 Å². The van der Waals surface area contributed by atoms with Crippen molar-refractivity contribution in [3.05, 3.63) is 23.3 Å². The van der Waals surface area contributed by atoms with E-state index in [1.54, 1.807) is 35.9 Å². The SMILES string of the molecule is CCN1CCN(C(=O)c2nc3cccnc3s2)C(C)(C)C1=O. The summed E-state index contributed by atoms with van der Waals surface area (Å²) >= 11 is 1.27. The zero-order valence-corrected chi connectivity index (χ0v) is 13.7. The fourth-order valence-electron chi connectivity index (χ4n) is 2.74. The highest BCUT2D eigenvalue weighted by molar-refractivity contribution is 7.19. The fourth-order valence-corrected chi connectivity index (χ4v) is 3.59. The van der Waals surface area contributed by atoms with E-state index >= 15 is 0 Å². The second kappa shape index (κ2) is 5.31. The molecule has 0 saturated carbocycles. The van der Waals surface area contributed by atoms with E-state index in [-0.39, 0.29) is 11.8 Å². The highest BCUT2D eigenvalue weighted by Crippen LogP contribution is 2.27. The van der Waals surface area contributed by atoms with Gasteiger partial charge in [-0.2, -0.15) is 0 Å². The third-order valence-electron chi connectivity index (χ3n) is 4.06. The standard InChI is InChI=1S/C15H18N4O2S/c1-4-18-8-9-19(15(2,3)14(18)21)13(20)12-17-10-6-5-7-16-11(10)22-12/h5-7H,4,8-9H2,1-3H3. The number of amides is 2. The number of likely N-dealkylation sites (N-methyl/N-ethyl adjacent to an activating group) is 1. The van der Waals surface area contributed by atoms with Crippen LogP contribution >= 0.6 is 11.3 Å². The lowest BCUT2D eigenvalue weighted by Gasteiger charge is -2.45. The minimum atomic E-state index is -0.851. The monoisotopic (exact) mass is 318 g/mol. The minimum absolute atomic E-state index is 0.0196. The molecule has 1 fully saturated rings. The Bertz CT molecular complexity index is 707. The first-order chi connectivity index (χ1) is 10.4. The zero-order chi connectivity index (χ0) is 15.9. The number of piperazine rings is 1. The van der Waals surface area contributed by atoms with Gasteiger partial charge in [0.15, 0.2) is 5.01 Å². The van der Waals surface area contributed by atoms with Crippen LogP contribution in [-0.2, 0) is 4.79 Å². The maximum absolute atomic E-state index is 12.8. The molecule has 7 heteroatoms. The lowest BCUT2D eigenvalue weighted by Crippen LogP contribution is -2.64. The van der Waals surface area contributed by atoms with Gasteiger partial charge < -0.3 is 9.80 Å². The van der Waals surface area contributed by atoms with Crippen LogP contribution < -0.4 is 0 Å². The Morgan fingerprint density at radius 2 is 2.18 bits per heavy atom. The molecule has 0 unspecified atom stereocenters. The van der Waals surface area contributed by atoms with Gasteiger partial charge in [0.25, 0.3) is 5.91 Å². The number of carbonyl (C=O) groups is 2. The highest BCUT2D eigenvalue weighted by atomic mass is 32.1. The van der Waals surface area contributed by atoms with Gasteiger partial charge in [-0.3, -0.25) is 9.59 Å². The van der Waals surface area contributed by atoms with Gasteiger partial charge in [0.05, 0.1) is 0 Å². The molecule has 3 rings (SSSR count). The van der Waals surface area contributed by atoms with E-state index in [9.17, 15) is 9.59 Å². The lowest BCUT2D eigenvalue weighted by molar-refractivity contribution is -0.146. The molecule has 6 nitrogen and oxygen atoms in total. The molecular weight excluding hydrogens is 300 g/mol. The number of aromatic nitrogens is 2. The number of hydrogen-bond donors (Lipinski definition) is 0. The normalized spacial score (nSPS) is 18.0. The van der Waals surface area contributed by atoms with E-state index in [4.69, 9.17) is 0 Å². The second-order valence-electron chi connectivity index (χ2n) is 5.75. The van der Waals surface area contributed by atoms with E-state index in [2.05, 4.69) is 9.97 Å². The van der Waals surface area contributed by atoms with E-state index in [1.807, 2.05) is 13.0 Å². The Balaban J connectivity index is 1.93. The van der Waals surface area contributed by atoms with Crippen molar-refractivity contribution in [1.29, 1.82) is 0 Å². The Morgan fingerprint density at radius 1 is 1.41 bits per heavy atom. The van der Waals surface area contributed by atoms with Crippen LogP contribution in [0.2, 0.25) is 0 Å². The summed E-state index contributed by atoms with van der Waals surface area (Å²) in [4.78, 5) is 38.0. The second-order valence-corrected chi connectivity index (χ2v) is 6.72. The topological polar surface area (TPSA) is 66.4 Å². The number of hydrogen-bond acceptors (Lipinski definition) is 5. The third-order valence-corrected chi connectivity index (χ3v) is 5.02. The summed E-state index contributed by atoms with van der Waals surface area (Å²) in [5.74, 6) is -0.217. The maximum atomic E-state index is 12.8. The Labute approximate surface area is 132 Å². The molecule has 2 aromatic heterocycles. The first kappa shape index (κ1) is 14.9. The highest BCUT2D eigenvalue weighted by Gasteiger charge is 2.44. The van der Waals surface area contributed by atoms with E-state index < -0.39 is 5.54 Å². The maximum Gasteiger partial charge on any atom is 0.283 e. The molecular formula is C15H18N4O2S. The molecule has 2 aromatic rings. The lowest BCUT2D eigenvalue weighted by atomic mass is 9.97. The quantitative estimate of drug-likeness (QED) is 0.846. The Hall–Kier alpha value is -2.02. The van der Waals surface area contributed by atoms with Crippen molar-refractivity contribution in [1.82, 2.24) is 19.8 Å². The Kier molecular flexibility index (Phi) is 3.60. The number of rotatable bonds is 2. The first-order valence-corrected chi connectivity index (χ1v) is 8.09. The summed E-state index contributed by atoms with van der Waals surface area (Å²) in [7, 11) is 0. The van der Waals surface area contributed by atoms with Gasteiger partial charge in [-0.05, 0) is 32.9 Å². The van der Waals surface area contributed by atoms with Crippen molar-refractivity contribution in [2.75, 3.05) is 19.6 Å². The largest absolute Gasteiger partial charge is 0.339 e. The summed E-state index contributed by atoms with van der Waals surface area (Å²) in [6, 6.07) is 3.63.